The Balaban J connectivity index is 1.66. The minimum Gasteiger partial charge on any atom is -0.433 e. The molecule has 0 amide bonds. The van der Waals surface area contributed by atoms with Gasteiger partial charge in [0.05, 0.1) is 6.20 Å². The van der Waals surface area contributed by atoms with E-state index in [-0.39, 0.29) is 6.61 Å². The van der Waals surface area contributed by atoms with Gasteiger partial charge in [-0.1, -0.05) is 16.9 Å². The minimum atomic E-state index is -1.16. The van der Waals surface area contributed by atoms with Crippen molar-refractivity contribution < 1.29 is 18.7 Å². The highest BCUT2D eigenvalue weighted by Crippen LogP contribution is 2.28. The van der Waals surface area contributed by atoms with Gasteiger partial charge in [-0.2, -0.15) is 4.39 Å². The SMILES string of the molecule is O=C(OCCSSc1ccccn1)OCn1cc(F)c(=O)[nH]c1=O. The van der Waals surface area contributed by atoms with Crippen molar-refractivity contribution in [2.75, 3.05) is 12.4 Å². The molecule has 0 radical (unpaired) electrons. The van der Waals surface area contributed by atoms with Crippen LogP contribution in [-0.2, 0) is 16.2 Å². The van der Waals surface area contributed by atoms with E-state index < -0.39 is 30.0 Å². The lowest BCUT2D eigenvalue weighted by Crippen LogP contribution is -2.32. The topological polar surface area (TPSA) is 103 Å². The van der Waals surface area contributed by atoms with Crippen LogP contribution in [0.4, 0.5) is 9.18 Å². The summed E-state index contributed by atoms with van der Waals surface area (Å²) in [5.74, 6) is -0.654. The molecule has 0 saturated heterocycles. The Morgan fingerprint density at radius 3 is 2.92 bits per heavy atom. The molecule has 0 aliphatic rings. The third-order valence-electron chi connectivity index (χ3n) is 2.46. The monoisotopic (exact) mass is 373 g/mol. The van der Waals surface area contributed by atoms with Crippen molar-refractivity contribution >= 4 is 27.7 Å². The van der Waals surface area contributed by atoms with E-state index >= 15 is 0 Å². The van der Waals surface area contributed by atoms with Crippen molar-refractivity contribution in [1.82, 2.24) is 14.5 Å². The van der Waals surface area contributed by atoms with E-state index in [4.69, 9.17) is 4.74 Å². The molecular weight excluding hydrogens is 361 g/mol. The Labute approximate surface area is 142 Å². The summed E-state index contributed by atoms with van der Waals surface area (Å²) in [5.41, 5.74) is -2.03. The van der Waals surface area contributed by atoms with Crippen molar-refractivity contribution in [3.63, 3.8) is 0 Å². The largest absolute Gasteiger partial charge is 0.510 e. The van der Waals surface area contributed by atoms with Crippen molar-refractivity contribution in [1.29, 1.82) is 0 Å². The van der Waals surface area contributed by atoms with Gasteiger partial charge in [-0.05, 0) is 22.9 Å². The number of rotatable bonds is 7. The van der Waals surface area contributed by atoms with E-state index in [9.17, 15) is 18.8 Å². The zero-order chi connectivity index (χ0) is 17.4. The standard InChI is InChI=1S/C13H12FN3O5S2/c14-9-7-17(12(19)16-11(9)18)8-22-13(20)21-5-6-23-24-10-3-1-2-4-15-10/h1-4,7H,5-6,8H2,(H,16,18,19). The van der Waals surface area contributed by atoms with Gasteiger partial charge in [-0.25, -0.2) is 14.6 Å². The number of hydrogen-bond donors (Lipinski definition) is 1. The second kappa shape index (κ2) is 9.13. The lowest BCUT2D eigenvalue weighted by atomic mass is 10.5. The molecule has 0 aromatic carbocycles. The highest BCUT2D eigenvalue weighted by Gasteiger charge is 2.08. The van der Waals surface area contributed by atoms with Crippen LogP contribution in [0.25, 0.3) is 0 Å². The Hall–Kier alpha value is -2.27. The number of hydrogen-bond acceptors (Lipinski definition) is 8. The molecule has 0 atom stereocenters. The van der Waals surface area contributed by atoms with Gasteiger partial charge in [0.2, 0.25) is 5.82 Å². The van der Waals surface area contributed by atoms with E-state index in [0.29, 0.717) is 16.5 Å². The second-order valence-electron chi connectivity index (χ2n) is 4.15. The predicted octanol–water partition coefficient (Wildman–Crippen LogP) is 1.62. The van der Waals surface area contributed by atoms with Gasteiger partial charge in [0.1, 0.15) is 11.6 Å². The fourth-order valence-corrected chi connectivity index (χ4v) is 3.11. The lowest BCUT2D eigenvalue weighted by Gasteiger charge is -2.07. The predicted molar refractivity (Wildman–Crippen MR) is 86.3 cm³/mol. The quantitative estimate of drug-likeness (QED) is 0.444. The van der Waals surface area contributed by atoms with Crippen molar-refractivity contribution in [2.45, 2.75) is 11.8 Å². The fraction of sp³-hybridized carbons (Fsp3) is 0.231. The molecule has 128 valence electrons. The molecule has 0 fully saturated rings. The smallest absolute Gasteiger partial charge is 0.433 e. The molecule has 8 nitrogen and oxygen atoms in total. The number of ether oxygens (including phenoxy) is 2. The highest BCUT2D eigenvalue weighted by atomic mass is 33.1. The van der Waals surface area contributed by atoms with E-state index in [1.165, 1.54) is 21.6 Å². The van der Waals surface area contributed by atoms with Gasteiger partial charge < -0.3 is 9.47 Å². The van der Waals surface area contributed by atoms with Crippen molar-refractivity contribution in [3.8, 4) is 0 Å². The molecule has 0 saturated carbocycles. The van der Waals surface area contributed by atoms with E-state index in [2.05, 4.69) is 9.72 Å². The van der Waals surface area contributed by atoms with E-state index in [1.807, 2.05) is 18.2 Å². The average Bonchev–Trinajstić information content (AvgIpc) is 2.57. The Kier molecular flexibility index (Phi) is 6.88. The zero-order valence-corrected chi connectivity index (χ0v) is 13.8. The van der Waals surface area contributed by atoms with Gasteiger partial charge in [0.25, 0.3) is 5.56 Å². The van der Waals surface area contributed by atoms with Crippen LogP contribution in [0.2, 0.25) is 0 Å². The molecular formula is C13H12FN3O5S2. The number of aromatic nitrogens is 3. The number of nitrogens with zero attached hydrogens (tertiary/aromatic N) is 2. The normalized spacial score (nSPS) is 10.4. The third kappa shape index (κ3) is 5.74. The van der Waals surface area contributed by atoms with Gasteiger partial charge in [0, 0.05) is 11.9 Å². The summed E-state index contributed by atoms with van der Waals surface area (Å²) in [6, 6.07) is 5.53. The maximum Gasteiger partial charge on any atom is 0.510 e. The summed E-state index contributed by atoms with van der Waals surface area (Å²) in [6.07, 6.45) is 1.32. The summed E-state index contributed by atoms with van der Waals surface area (Å²) in [7, 11) is 2.89. The first-order valence-electron chi connectivity index (χ1n) is 6.55. The molecule has 11 heteroatoms. The second-order valence-corrected chi connectivity index (χ2v) is 6.59. The molecule has 0 aliphatic carbocycles. The molecule has 2 rings (SSSR count). The molecule has 0 spiro atoms. The van der Waals surface area contributed by atoms with E-state index in [0.717, 1.165) is 5.03 Å². The number of aromatic amines is 1. The minimum absolute atomic E-state index is 0.0955. The Morgan fingerprint density at radius 2 is 2.17 bits per heavy atom. The van der Waals surface area contributed by atoms with Crippen LogP contribution in [0.5, 0.6) is 0 Å². The van der Waals surface area contributed by atoms with E-state index in [1.54, 1.807) is 11.2 Å². The first-order valence-corrected chi connectivity index (χ1v) is 8.87. The van der Waals surface area contributed by atoms with Gasteiger partial charge in [0.15, 0.2) is 6.73 Å². The Bertz CT molecular complexity index is 796. The first-order chi connectivity index (χ1) is 11.6. The molecule has 2 aromatic heterocycles. The molecule has 0 bridgehead atoms. The number of pyridine rings is 1. The number of nitrogens with one attached hydrogen (secondary N) is 1. The average molecular weight is 373 g/mol. The van der Waals surface area contributed by atoms with Crippen LogP contribution in [0.3, 0.4) is 0 Å². The van der Waals surface area contributed by atoms with Gasteiger partial charge in [-0.15, -0.1) is 0 Å². The summed E-state index contributed by atoms with van der Waals surface area (Å²) < 4.78 is 23.2. The molecule has 1 N–H and O–H groups in total. The van der Waals surface area contributed by atoms with Gasteiger partial charge >= 0.3 is 11.8 Å². The number of H-pyrrole nitrogens is 1. The maximum atomic E-state index is 13.0. The molecule has 2 aromatic rings. The fourth-order valence-electron chi connectivity index (χ4n) is 1.40. The molecule has 24 heavy (non-hydrogen) atoms. The number of carbonyl (C=O) groups is 1. The maximum absolute atomic E-state index is 13.0. The summed E-state index contributed by atoms with van der Waals surface area (Å²) in [6.45, 7) is -0.473. The van der Waals surface area contributed by atoms with Crippen molar-refractivity contribution in [2.24, 2.45) is 0 Å². The highest BCUT2D eigenvalue weighted by molar-refractivity contribution is 8.76. The van der Waals surface area contributed by atoms with Crippen LogP contribution >= 0.6 is 21.6 Å². The summed E-state index contributed by atoms with van der Waals surface area (Å²) >= 11 is 0. The summed E-state index contributed by atoms with van der Waals surface area (Å²) in [4.78, 5) is 39.4. The lowest BCUT2D eigenvalue weighted by molar-refractivity contribution is 0.0359. The number of carbonyl (C=O) groups excluding carboxylic acids is 1. The molecule has 0 unspecified atom stereocenters. The molecule has 0 aliphatic heterocycles. The van der Waals surface area contributed by atoms with Crippen LogP contribution in [0, 0.1) is 5.82 Å². The van der Waals surface area contributed by atoms with Crippen LogP contribution in [-0.4, -0.2) is 33.1 Å². The Morgan fingerprint density at radius 1 is 1.33 bits per heavy atom. The molecule has 2 heterocycles. The number of halogens is 1. The third-order valence-corrected chi connectivity index (χ3v) is 4.69. The van der Waals surface area contributed by atoms with Crippen molar-refractivity contribution in [3.05, 3.63) is 57.2 Å². The van der Waals surface area contributed by atoms with Crippen LogP contribution in [0.1, 0.15) is 0 Å². The first kappa shape index (κ1) is 18.1. The zero-order valence-electron chi connectivity index (χ0n) is 12.1. The summed E-state index contributed by atoms with van der Waals surface area (Å²) in [5, 5.41) is 0.838. The van der Waals surface area contributed by atoms with Crippen LogP contribution < -0.4 is 11.2 Å². The van der Waals surface area contributed by atoms with Gasteiger partial charge in [-0.3, -0.25) is 14.3 Å². The van der Waals surface area contributed by atoms with Crippen LogP contribution in [0.15, 0.2) is 45.2 Å².